The smallest absolute Gasteiger partial charge is 0.321 e. The van der Waals surface area contributed by atoms with Crippen LogP contribution >= 0.6 is 27.7 Å². The quantitative estimate of drug-likeness (QED) is 0.881. The van der Waals surface area contributed by atoms with Gasteiger partial charge in [0.25, 0.3) is 0 Å². The summed E-state index contributed by atoms with van der Waals surface area (Å²) in [6.07, 6.45) is 0. The first-order valence-corrected chi connectivity index (χ1v) is 6.47. The van der Waals surface area contributed by atoms with Crippen LogP contribution in [0.1, 0.15) is 10.9 Å². The molecule has 0 amide bonds. The second kappa shape index (κ2) is 4.73. The molecule has 1 saturated heterocycles. The summed E-state index contributed by atoms with van der Waals surface area (Å²) < 4.78 is 13.9. The average molecular weight is 306 g/mol. The number of hydrogen-bond donors (Lipinski definition) is 2. The molecule has 1 aliphatic heterocycles. The van der Waals surface area contributed by atoms with Gasteiger partial charge in [0.15, 0.2) is 0 Å². The van der Waals surface area contributed by atoms with E-state index in [-0.39, 0.29) is 11.2 Å². The van der Waals surface area contributed by atoms with E-state index in [9.17, 15) is 9.18 Å². The maximum absolute atomic E-state index is 13.1. The normalized spacial score (nSPS) is 24.6. The molecule has 0 spiro atoms. The Kier molecular flexibility index (Phi) is 3.51. The van der Waals surface area contributed by atoms with Crippen molar-refractivity contribution in [3.8, 4) is 0 Å². The van der Waals surface area contributed by atoms with Gasteiger partial charge < -0.3 is 5.11 Å². The van der Waals surface area contributed by atoms with Crippen molar-refractivity contribution in [2.75, 3.05) is 5.75 Å². The fourth-order valence-electron chi connectivity index (χ4n) is 1.51. The largest absolute Gasteiger partial charge is 0.480 e. The molecule has 1 fully saturated rings. The third-order valence-corrected chi connectivity index (χ3v) is 4.29. The van der Waals surface area contributed by atoms with E-state index in [1.54, 1.807) is 6.07 Å². The molecule has 0 unspecified atom stereocenters. The van der Waals surface area contributed by atoms with Gasteiger partial charge in [-0.05, 0) is 23.8 Å². The van der Waals surface area contributed by atoms with Crippen molar-refractivity contribution in [3.05, 3.63) is 34.1 Å². The monoisotopic (exact) mass is 305 g/mol. The number of rotatable bonds is 2. The third kappa shape index (κ3) is 2.39. The van der Waals surface area contributed by atoms with Gasteiger partial charge in [0.1, 0.15) is 11.9 Å². The van der Waals surface area contributed by atoms with Crippen molar-refractivity contribution in [3.63, 3.8) is 0 Å². The molecule has 2 rings (SSSR count). The number of benzene rings is 1. The highest BCUT2D eigenvalue weighted by molar-refractivity contribution is 9.10. The summed E-state index contributed by atoms with van der Waals surface area (Å²) in [4.78, 5) is 10.8. The molecule has 1 aromatic carbocycles. The molecule has 1 heterocycles. The third-order valence-electron chi connectivity index (χ3n) is 2.32. The van der Waals surface area contributed by atoms with Crippen LogP contribution in [-0.4, -0.2) is 22.9 Å². The van der Waals surface area contributed by atoms with Crippen molar-refractivity contribution in [2.24, 2.45) is 0 Å². The van der Waals surface area contributed by atoms with E-state index < -0.39 is 12.0 Å². The Morgan fingerprint density at radius 3 is 3.00 bits per heavy atom. The molecule has 0 bridgehead atoms. The minimum Gasteiger partial charge on any atom is -0.480 e. The first-order valence-electron chi connectivity index (χ1n) is 4.63. The Morgan fingerprint density at radius 2 is 2.38 bits per heavy atom. The van der Waals surface area contributed by atoms with E-state index in [0.29, 0.717) is 5.75 Å². The van der Waals surface area contributed by atoms with Crippen LogP contribution in [-0.2, 0) is 4.79 Å². The number of carboxylic acids is 1. The molecule has 86 valence electrons. The SMILES string of the molecule is O=C(O)[C@@H]1CS[C@H](c2cc(F)ccc2Br)N1. The second-order valence-electron chi connectivity index (χ2n) is 3.44. The zero-order valence-electron chi connectivity index (χ0n) is 8.11. The molecule has 16 heavy (non-hydrogen) atoms. The average Bonchev–Trinajstić information content (AvgIpc) is 2.70. The van der Waals surface area contributed by atoms with Crippen LogP contribution in [0.4, 0.5) is 4.39 Å². The van der Waals surface area contributed by atoms with Crippen LogP contribution in [0.3, 0.4) is 0 Å². The number of thioether (sulfide) groups is 1. The Bertz CT molecular complexity index is 429. The van der Waals surface area contributed by atoms with Crippen LogP contribution in [0.15, 0.2) is 22.7 Å². The van der Waals surface area contributed by atoms with Gasteiger partial charge >= 0.3 is 5.97 Å². The Balaban J connectivity index is 2.20. The molecule has 0 aliphatic carbocycles. The molecule has 1 aromatic rings. The second-order valence-corrected chi connectivity index (χ2v) is 5.43. The highest BCUT2D eigenvalue weighted by Gasteiger charge is 2.31. The summed E-state index contributed by atoms with van der Waals surface area (Å²) in [6, 6.07) is 3.84. The van der Waals surface area contributed by atoms with Crippen LogP contribution < -0.4 is 5.32 Å². The summed E-state index contributed by atoms with van der Waals surface area (Å²) in [5.74, 6) is -0.704. The fourth-order valence-corrected chi connectivity index (χ4v) is 3.39. The van der Waals surface area contributed by atoms with Crippen molar-refractivity contribution in [1.82, 2.24) is 5.32 Å². The van der Waals surface area contributed by atoms with Gasteiger partial charge in [0, 0.05) is 10.2 Å². The molecular weight excluding hydrogens is 297 g/mol. The summed E-state index contributed by atoms with van der Waals surface area (Å²) in [7, 11) is 0. The van der Waals surface area contributed by atoms with E-state index in [4.69, 9.17) is 5.11 Å². The highest BCUT2D eigenvalue weighted by atomic mass is 79.9. The van der Waals surface area contributed by atoms with Crippen LogP contribution in [0, 0.1) is 5.82 Å². The van der Waals surface area contributed by atoms with E-state index in [2.05, 4.69) is 21.2 Å². The van der Waals surface area contributed by atoms with Gasteiger partial charge in [-0.3, -0.25) is 10.1 Å². The van der Waals surface area contributed by atoms with Crippen LogP contribution in [0.5, 0.6) is 0 Å². The standard InChI is InChI=1S/C10H9BrFNO2S/c11-7-2-1-5(12)3-6(7)9-13-8(4-16-9)10(14)15/h1-3,8-9,13H,4H2,(H,14,15)/t8-,9+/m0/s1. The topological polar surface area (TPSA) is 49.3 Å². The zero-order valence-corrected chi connectivity index (χ0v) is 10.5. The molecule has 3 nitrogen and oxygen atoms in total. The first-order chi connectivity index (χ1) is 7.58. The predicted molar refractivity (Wildman–Crippen MR) is 63.9 cm³/mol. The molecule has 0 radical (unpaired) electrons. The van der Waals surface area contributed by atoms with Gasteiger partial charge in [-0.25, -0.2) is 4.39 Å². The van der Waals surface area contributed by atoms with Gasteiger partial charge in [-0.1, -0.05) is 15.9 Å². The van der Waals surface area contributed by atoms with Crippen molar-refractivity contribution < 1.29 is 14.3 Å². The first kappa shape index (κ1) is 11.9. The number of nitrogens with one attached hydrogen (secondary N) is 1. The number of carbonyl (C=O) groups is 1. The van der Waals surface area contributed by atoms with E-state index in [0.717, 1.165) is 10.0 Å². The van der Waals surface area contributed by atoms with Gasteiger partial charge in [-0.15, -0.1) is 11.8 Å². The van der Waals surface area contributed by atoms with E-state index in [1.165, 1.54) is 23.9 Å². The molecule has 2 atom stereocenters. The molecule has 6 heteroatoms. The van der Waals surface area contributed by atoms with E-state index >= 15 is 0 Å². The van der Waals surface area contributed by atoms with Crippen LogP contribution in [0.2, 0.25) is 0 Å². The molecule has 0 saturated carbocycles. The highest BCUT2D eigenvalue weighted by Crippen LogP contribution is 2.36. The lowest BCUT2D eigenvalue weighted by molar-refractivity contribution is -0.138. The fraction of sp³-hybridized carbons (Fsp3) is 0.300. The lowest BCUT2D eigenvalue weighted by atomic mass is 10.2. The lowest BCUT2D eigenvalue weighted by Gasteiger charge is -2.13. The Labute approximate surface area is 105 Å². The zero-order chi connectivity index (χ0) is 11.7. The lowest BCUT2D eigenvalue weighted by Crippen LogP contribution is -2.33. The number of hydrogen-bond acceptors (Lipinski definition) is 3. The van der Waals surface area contributed by atoms with Crippen LogP contribution in [0.25, 0.3) is 0 Å². The Hall–Kier alpha value is -0.590. The minimum atomic E-state index is -0.873. The van der Waals surface area contributed by atoms with Gasteiger partial charge in [0.05, 0.1) is 5.37 Å². The summed E-state index contributed by atoms with van der Waals surface area (Å²) in [5, 5.41) is 11.6. The van der Waals surface area contributed by atoms with Crippen molar-refractivity contribution in [1.29, 1.82) is 0 Å². The van der Waals surface area contributed by atoms with Crippen molar-refractivity contribution in [2.45, 2.75) is 11.4 Å². The number of carboxylic acid groups (broad SMARTS) is 1. The summed E-state index contributed by atoms with van der Waals surface area (Å²) in [5.41, 5.74) is 0.744. The van der Waals surface area contributed by atoms with Gasteiger partial charge in [-0.2, -0.15) is 0 Å². The van der Waals surface area contributed by atoms with E-state index in [1.807, 2.05) is 0 Å². The molecule has 1 aliphatic rings. The maximum Gasteiger partial charge on any atom is 0.321 e. The number of halogens is 2. The molecule has 2 N–H and O–H groups in total. The molecular formula is C10H9BrFNO2S. The maximum atomic E-state index is 13.1. The number of aliphatic carboxylic acids is 1. The molecule has 0 aromatic heterocycles. The predicted octanol–water partition coefficient (Wildman–Crippen LogP) is 2.38. The van der Waals surface area contributed by atoms with Crippen molar-refractivity contribution >= 4 is 33.7 Å². The Morgan fingerprint density at radius 1 is 1.62 bits per heavy atom. The summed E-state index contributed by atoms with van der Waals surface area (Å²) >= 11 is 4.80. The minimum absolute atomic E-state index is 0.175. The summed E-state index contributed by atoms with van der Waals surface area (Å²) in [6.45, 7) is 0. The van der Waals surface area contributed by atoms with Gasteiger partial charge in [0.2, 0.25) is 0 Å².